The van der Waals surface area contributed by atoms with Crippen LogP contribution in [0.3, 0.4) is 0 Å². The molecule has 88 valence electrons. The summed E-state index contributed by atoms with van der Waals surface area (Å²) in [7, 11) is 0. The quantitative estimate of drug-likeness (QED) is 0.745. The third-order valence-electron chi connectivity index (χ3n) is 3.86. The maximum atomic E-state index is 3.59. The van der Waals surface area contributed by atoms with Crippen molar-refractivity contribution in [2.45, 2.75) is 44.9 Å². The van der Waals surface area contributed by atoms with Gasteiger partial charge in [0.2, 0.25) is 0 Å². The van der Waals surface area contributed by atoms with Crippen molar-refractivity contribution in [2.75, 3.05) is 13.1 Å². The first-order valence-electron chi connectivity index (χ1n) is 6.55. The lowest BCUT2D eigenvalue weighted by molar-refractivity contribution is 0.234. The number of rotatable bonds is 5. The molecule has 0 atom stereocenters. The molecule has 1 saturated carbocycles. The molecule has 16 heavy (non-hydrogen) atoms. The van der Waals surface area contributed by atoms with E-state index in [2.05, 4.69) is 43.4 Å². The molecule has 0 radical (unpaired) electrons. The molecule has 0 aromatic heterocycles. The molecule has 1 heteroatoms. The van der Waals surface area contributed by atoms with Gasteiger partial charge in [0.15, 0.2) is 0 Å². The van der Waals surface area contributed by atoms with Crippen LogP contribution in [0.15, 0.2) is 24.3 Å². The van der Waals surface area contributed by atoms with Gasteiger partial charge in [0.1, 0.15) is 0 Å². The second-order valence-electron chi connectivity index (χ2n) is 5.18. The normalized spacial score (nSPS) is 18.1. The van der Waals surface area contributed by atoms with Crippen molar-refractivity contribution in [2.24, 2.45) is 0 Å². The Hall–Kier alpha value is -0.820. The highest BCUT2D eigenvalue weighted by atomic mass is 14.9. The van der Waals surface area contributed by atoms with E-state index in [1.807, 2.05) is 0 Å². The van der Waals surface area contributed by atoms with E-state index in [0.717, 1.165) is 13.1 Å². The zero-order valence-electron chi connectivity index (χ0n) is 10.6. The van der Waals surface area contributed by atoms with Crippen LogP contribution in [-0.4, -0.2) is 13.1 Å². The predicted molar refractivity (Wildman–Crippen MR) is 69.9 cm³/mol. The van der Waals surface area contributed by atoms with Crippen molar-refractivity contribution in [1.82, 2.24) is 5.32 Å². The molecular weight excluding hydrogens is 194 g/mol. The Kier molecular flexibility index (Phi) is 3.65. The first-order valence-corrected chi connectivity index (χ1v) is 6.55. The van der Waals surface area contributed by atoms with E-state index in [0.29, 0.717) is 5.41 Å². The Morgan fingerprint density at radius 2 is 1.88 bits per heavy atom. The van der Waals surface area contributed by atoms with Crippen molar-refractivity contribution < 1.29 is 0 Å². The van der Waals surface area contributed by atoms with E-state index in [9.17, 15) is 0 Å². The molecule has 1 nitrogen and oxygen atoms in total. The lowest BCUT2D eigenvalue weighted by atomic mass is 9.64. The van der Waals surface area contributed by atoms with Gasteiger partial charge in [-0.05, 0) is 38.3 Å². The smallest absolute Gasteiger partial charge is 0.00778 e. The summed E-state index contributed by atoms with van der Waals surface area (Å²) in [6, 6.07) is 9.13. The van der Waals surface area contributed by atoms with Gasteiger partial charge in [0.05, 0.1) is 0 Å². The van der Waals surface area contributed by atoms with Crippen LogP contribution >= 0.6 is 0 Å². The van der Waals surface area contributed by atoms with Gasteiger partial charge >= 0.3 is 0 Å². The van der Waals surface area contributed by atoms with Crippen molar-refractivity contribution in [3.8, 4) is 0 Å². The SMILES string of the molecule is CCCNCC1(c2ccc(C)cc2)CCC1. The summed E-state index contributed by atoms with van der Waals surface area (Å²) in [5.74, 6) is 0. The maximum absolute atomic E-state index is 3.59. The third-order valence-corrected chi connectivity index (χ3v) is 3.86. The number of hydrogen-bond donors (Lipinski definition) is 1. The molecule has 1 aromatic carbocycles. The molecule has 0 spiro atoms. The second-order valence-corrected chi connectivity index (χ2v) is 5.18. The average molecular weight is 217 g/mol. The lowest BCUT2D eigenvalue weighted by Gasteiger charge is -2.43. The van der Waals surface area contributed by atoms with E-state index in [-0.39, 0.29) is 0 Å². The minimum Gasteiger partial charge on any atom is -0.316 e. The highest BCUT2D eigenvalue weighted by Gasteiger charge is 2.37. The fourth-order valence-corrected chi connectivity index (χ4v) is 2.58. The van der Waals surface area contributed by atoms with Crippen molar-refractivity contribution in [3.05, 3.63) is 35.4 Å². The molecule has 1 N–H and O–H groups in total. The fraction of sp³-hybridized carbons (Fsp3) is 0.600. The van der Waals surface area contributed by atoms with Gasteiger partial charge < -0.3 is 5.32 Å². The molecule has 0 heterocycles. The molecule has 0 saturated heterocycles. The summed E-state index contributed by atoms with van der Waals surface area (Å²) in [6.45, 7) is 6.69. The second kappa shape index (κ2) is 5.01. The van der Waals surface area contributed by atoms with Gasteiger partial charge in [-0.15, -0.1) is 0 Å². The number of aryl methyl sites for hydroxylation is 1. The summed E-state index contributed by atoms with van der Waals surface area (Å²) in [4.78, 5) is 0. The van der Waals surface area contributed by atoms with Gasteiger partial charge in [-0.25, -0.2) is 0 Å². The van der Waals surface area contributed by atoms with Gasteiger partial charge in [-0.1, -0.05) is 43.2 Å². The Labute approximate surface area is 99.3 Å². The molecule has 1 aromatic rings. The molecule has 1 aliphatic rings. The van der Waals surface area contributed by atoms with Gasteiger partial charge in [0, 0.05) is 12.0 Å². The first-order chi connectivity index (χ1) is 7.77. The molecule has 0 aliphatic heterocycles. The van der Waals surface area contributed by atoms with Gasteiger partial charge in [0.25, 0.3) is 0 Å². The summed E-state index contributed by atoms with van der Waals surface area (Å²) < 4.78 is 0. The molecule has 0 amide bonds. The molecule has 0 bridgehead atoms. The highest BCUT2D eigenvalue weighted by Crippen LogP contribution is 2.43. The molecule has 0 unspecified atom stereocenters. The monoisotopic (exact) mass is 217 g/mol. The molecule has 2 rings (SSSR count). The van der Waals surface area contributed by atoms with Crippen LogP contribution in [0.1, 0.15) is 43.7 Å². The Morgan fingerprint density at radius 1 is 1.19 bits per heavy atom. The Morgan fingerprint density at radius 3 is 2.38 bits per heavy atom. The summed E-state index contributed by atoms with van der Waals surface area (Å²) in [5.41, 5.74) is 3.34. The third kappa shape index (κ3) is 2.30. The Bertz CT molecular complexity index is 322. The lowest BCUT2D eigenvalue weighted by Crippen LogP contribution is -2.44. The topological polar surface area (TPSA) is 12.0 Å². The largest absolute Gasteiger partial charge is 0.316 e. The zero-order valence-corrected chi connectivity index (χ0v) is 10.6. The van der Waals surface area contributed by atoms with E-state index in [1.165, 1.54) is 36.8 Å². The molecular formula is C15H23N. The van der Waals surface area contributed by atoms with Crippen LogP contribution < -0.4 is 5.32 Å². The van der Waals surface area contributed by atoms with Crippen LogP contribution in [0.2, 0.25) is 0 Å². The Balaban J connectivity index is 2.05. The summed E-state index contributed by atoms with van der Waals surface area (Å²) >= 11 is 0. The first kappa shape index (κ1) is 11.7. The number of benzene rings is 1. The van der Waals surface area contributed by atoms with E-state index >= 15 is 0 Å². The van der Waals surface area contributed by atoms with Gasteiger partial charge in [-0.2, -0.15) is 0 Å². The highest BCUT2D eigenvalue weighted by molar-refractivity contribution is 5.31. The van der Waals surface area contributed by atoms with Crippen LogP contribution in [0, 0.1) is 6.92 Å². The van der Waals surface area contributed by atoms with Crippen molar-refractivity contribution in [3.63, 3.8) is 0 Å². The van der Waals surface area contributed by atoms with E-state index in [1.54, 1.807) is 0 Å². The van der Waals surface area contributed by atoms with Crippen LogP contribution in [0.4, 0.5) is 0 Å². The summed E-state index contributed by atoms with van der Waals surface area (Å²) in [5, 5.41) is 3.59. The van der Waals surface area contributed by atoms with Crippen LogP contribution in [0.25, 0.3) is 0 Å². The van der Waals surface area contributed by atoms with Crippen LogP contribution in [-0.2, 0) is 5.41 Å². The maximum Gasteiger partial charge on any atom is 0.00778 e. The molecule has 1 fully saturated rings. The predicted octanol–water partition coefficient (Wildman–Crippen LogP) is 3.42. The average Bonchev–Trinajstić information content (AvgIpc) is 2.24. The molecule has 1 aliphatic carbocycles. The van der Waals surface area contributed by atoms with E-state index in [4.69, 9.17) is 0 Å². The van der Waals surface area contributed by atoms with E-state index < -0.39 is 0 Å². The zero-order chi connectivity index (χ0) is 11.4. The van der Waals surface area contributed by atoms with Crippen molar-refractivity contribution >= 4 is 0 Å². The van der Waals surface area contributed by atoms with Crippen molar-refractivity contribution in [1.29, 1.82) is 0 Å². The fourth-order valence-electron chi connectivity index (χ4n) is 2.58. The standard InChI is InChI=1S/C15H23N/c1-3-11-16-12-15(9-4-10-15)14-7-5-13(2)6-8-14/h5-8,16H,3-4,9-12H2,1-2H3. The number of nitrogens with one attached hydrogen (secondary N) is 1. The minimum atomic E-state index is 0.447. The minimum absolute atomic E-state index is 0.447. The van der Waals surface area contributed by atoms with Crippen LogP contribution in [0.5, 0.6) is 0 Å². The summed E-state index contributed by atoms with van der Waals surface area (Å²) in [6.07, 6.45) is 5.32. The number of hydrogen-bond acceptors (Lipinski definition) is 1. The van der Waals surface area contributed by atoms with Gasteiger partial charge in [-0.3, -0.25) is 0 Å².